The zero-order valence-corrected chi connectivity index (χ0v) is 13.8. The van der Waals surface area contributed by atoms with Crippen LogP contribution in [0.15, 0.2) is 42.2 Å². The van der Waals surface area contributed by atoms with Crippen LogP contribution in [-0.2, 0) is 17.8 Å². The van der Waals surface area contributed by atoms with Gasteiger partial charge in [0.15, 0.2) is 0 Å². The maximum Gasteiger partial charge on any atom is 0.233 e. The van der Waals surface area contributed by atoms with Crippen molar-refractivity contribution in [1.29, 1.82) is 0 Å². The summed E-state index contributed by atoms with van der Waals surface area (Å²) >= 11 is 1.80. The molecule has 120 valence electrons. The van der Waals surface area contributed by atoms with Gasteiger partial charge in [-0.1, -0.05) is 6.07 Å². The van der Waals surface area contributed by atoms with Gasteiger partial charge in [-0.15, -0.1) is 11.3 Å². The highest BCUT2D eigenvalue weighted by Gasteiger charge is 2.20. The van der Waals surface area contributed by atoms with Crippen molar-refractivity contribution in [3.8, 4) is 0 Å². The summed E-state index contributed by atoms with van der Waals surface area (Å²) in [6, 6.07) is 6.23. The highest BCUT2D eigenvalue weighted by molar-refractivity contribution is 7.09. The second kappa shape index (κ2) is 6.78. The molecule has 1 aliphatic rings. The van der Waals surface area contributed by atoms with Crippen LogP contribution < -0.4 is 0 Å². The van der Waals surface area contributed by atoms with Crippen LogP contribution >= 0.6 is 11.3 Å². The average Bonchev–Trinajstić information content (AvgIpc) is 3.27. The van der Waals surface area contributed by atoms with Crippen molar-refractivity contribution in [3.63, 3.8) is 0 Å². The Hall–Kier alpha value is -1.76. The Kier molecular flexibility index (Phi) is 4.37. The van der Waals surface area contributed by atoms with Gasteiger partial charge in [0.2, 0.25) is 5.78 Å². The summed E-state index contributed by atoms with van der Waals surface area (Å²) in [5.74, 6) is 0.760. The van der Waals surface area contributed by atoms with Crippen LogP contribution in [0, 0.1) is 0 Å². The summed E-state index contributed by atoms with van der Waals surface area (Å²) in [5, 5.41) is 2.13. The lowest BCUT2D eigenvalue weighted by molar-refractivity contribution is 0.0679. The molecule has 6 heteroatoms. The van der Waals surface area contributed by atoms with E-state index in [0.717, 1.165) is 44.1 Å². The molecule has 0 unspecified atom stereocenters. The molecule has 1 fully saturated rings. The Morgan fingerprint density at radius 2 is 2.35 bits per heavy atom. The first kappa shape index (κ1) is 14.8. The van der Waals surface area contributed by atoms with E-state index in [1.165, 1.54) is 11.3 Å². The molecule has 5 nitrogen and oxygen atoms in total. The SMILES string of the molecule is c1csc(CN(Cc2cn3cccnc3n2)C[C@@H]2CCCO2)c1. The van der Waals surface area contributed by atoms with Crippen molar-refractivity contribution >= 4 is 17.1 Å². The van der Waals surface area contributed by atoms with Gasteiger partial charge >= 0.3 is 0 Å². The van der Waals surface area contributed by atoms with Crippen LogP contribution in [0.25, 0.3) is 5.78 Å². The number of aromatic nitrogens is 3. The third kappa shape index (κ3) is 3.60. The molecule has 0 N–H and O–H groups in total. The molecule has 4 rings (SSSR count). The largest absolute Gasteiger partial charge is 0.377 e. The van der Waals surface area contributed by atoms with Gasteiger partial charge in [0.1, 0.15) is 0 Å². The minimum Gasteiger partial charge on any atom is -0.377 e. The molecule has 1 aliphatic heterocycles. The standard InChI is InChI=1S/C17H20N4OS/c1-4-15(22-8-1)12-20(13-16-5-2-9-23-16)10-14-11-21-7-3-6-18-17(21)19-14/h2-3,5-7,9,11,15H,1,4,8,10,12-13H2/t15-/m0/s1. The van der Waals surface area contributed by atoms with E-state index in [1.54, 1.807) is 17.5 Å². The van der Waals surface area contributed by atoms with Crippen molar-refractivity contribution in [2.24, 2.45) is 0 Å². The van der Waals surface area contributed by atoms with E-state index in [9.17, 15) is 0 Å². The third-order valence-electron chi connectivity index (χ3n) is 4.12. The highest BCUT2D eigenvalue weighted by atomic mass is 32.1. The van der Waals surface area contributed by atoms with Crippen LogP contribution in [0.5, 0.6) is 0 Å². The van der Waals surface area contributed by atoms with E-state index in [2.05, 4.69) is 38.6 Å². The fraction of sp³-hybridized carbons (Fsp3) is 0.412. The fourth-order valence-electron chi connectivity index (χ4n) is 3.07. The van der Waals surface area contributed by atoms with Crippen molar-refractivity contribution in [2.45, 2.75) is 32.0 Å². The smallest absolute Gasteiger partial charge is 0.233 e. The maximum atomic E-state index is 5.82. The summed E-state index contributed by atoms with van der Waals surface area (Å²) in [6.07, 6.45) is 8.53. The summed E-state index contributed by atoms with van der Waals surface area (Å²) in [4.78, 5) is 12.7. The molecule has 3 aromatic heterocycles. The predicted molar refractivity (Wildman–Crippen MR) is 90.4 cm³/mol. The molecule has 0 aromatic carbocycles. The molecular weight excluding hydrogens is 308 g/mol. The Bertz CT molecular complexity index is 716. The van der Waals surface area contributed by atoms with Crippen LogP contribution in [0.1, 0.15) is 23.4 Å². The van der Waals surface area contributed by atoms with Gasteiger partial charge in [0, 0.05) is 49.7 Å². The number of fused-ring (bicyclic) bond motifs is 1. The second-order valence-corrected chi connectivity index (χ2v) is 6.98. The number of nitrogens with zero attached hydrogens (tertiary/aromatic N) is 4. The number of ether oxygens (including phenoxy) is 1. The Labute approximate surface area is 139 Å². The second-order valence-electron chi connectivity index (χ2n) is 5.94. The van der Waals surface area contributed by atoms with E-state index >= 15 is 0 Å². The summed E-state index contributed by atoms with van der Waals surface area (Å²) < 4.78 is 7.80. The normalized spacial score (nSPS) is 18.2. The molecule has 0 bridgehead atoms. The summed E-state index contributed by atoms with van der Waals surface area (Å²) in [5.41, 5.74) is 1.05. The number of imidazole rings is 1. The molecule has 0 radical (unpaired) electrons. The first-order valence-corrected chi connectivity index (χ1v) is 8.90. The molecule has 0 aliphatic carbocycles. The number of hydrogen-bond donors (Lipinski definition) is 0. The van der Waals surface area contributed by atoms with E-state index in [0.29, 0.717) is 6.10 Å². The molecular formula is C17H20N4OS. The lowest BCUT2D eigenvalue weighted by Gasteiger charge is -2.23. The van der Waals surface area contributed by atoms with Gasteiger partial charge in [-0.2, -0.15) is 0 Å². The monoisotopic (exact) mass is 328 g/mol. The molecule has 3 aromatic rings. The van der Waals surface area contributed by atoms with Crippen LogP contribution in [-0.4, -0.2) is 38.5 Å². The summed E-state index contributed by atoms with van der Waals surface area (Å²) in [7, 11) is 0. The number of thiophene rings is 1. The van der Waals surface area contributed by atoms with E-state index < -0.39 is 0 Å². The quantitative estimate of drug-likeness (QED) is 0.698. The van der Waals surface area contributed by atoms with E-state index in [1.807, 2.05) is 16.7 Å². The number of rotatable bonds is 6. The first-order valence-electron chi connectivity index (χ1n) is 8.02. The van der Waals surface area contributed by atoms with Gasteiger partial charge < -0.3 is 4.74 Å². The third-order valence-corrected chi connectivity index (χ3v) is 4.98. The maximum absolute atomic E-state index is 5.82. The van der Waals surface area contributed by atoms with Gasteiger partial charge in [0.05, 0.1) is 11.8 Å². The van der Waals surface area contributed by atoms with Gasteiger partial charge in [0.25, 0.3) is 0 Å². The first-order chi connectivity index (χ1) is 11.4. The van der Waals surface area contributed by atoms with Crippen LogP contribution in [0.2, 0.25) is 0 Å². The molecule has 0 amide bonds. The van der Waals surface area contributed by atoms with Crippen LogP contribution in [0.4, 0.5) is 0 Å². The van der Waals surface area contributed by atoms with E-state index in [4.69, 9.17) is 4.74 Å². The minimum atomic E-state index is 0.352. The molecule has 0 spiro atoms. The molecule has 1 saturated heterocycles. The summed E-state index contributed by atoms with van der Waals surface area (Å²) in [6.45, 7) is 3.62. The van der Waals surface area contributed by atoms with Crippen LogP contribution in [0.3, 0.4) is 0 Å². The van der Waals surface area contributed by atoms with Gasteiger partial charge in [-0.05, 0) is 30.4 Å². The molecule has 0 saturated carbocycles. The van der Waals surface area contributed by atoms with Gasteiger partial charge in [-0.25, -0.2) is 9.97 Å². The lowest BCUT2D eigenvalue weighted by Crippen LogP contribution is -2.31. The van der Waals surface area contributed by atoms with Gasteiger partial charge in [-0.3, -0.25) is 9.30 Å². The number of hydrogen-bond acceptors (Lipinski definition) is 5. The predicted octanol–water partition coefficient (Wildman–Crippen LogP) is 2.97. The van der Waals surface area contributed by atoms with Crippen molar-refractivity contribution in [3.05, 3.63) is 52.7 Å². The van der Waals surface area contributed by atoms with E-state index in [-0.39, 0.29) is 0 Å². The highest BCUT2D eigenvalue weighted by Crippen LogP contribution is 2.19. The van der Waals surface area contributed by atoms with Crippen molar-refractivity contribution in [1.82, 2.24) is 19.3 Å². The molecule has 4 heterocycles. The zero-order valence-electron chi connectivity index (χ0n) is 13.0. The molecule has 1 atom stereocenters. The topological polar surface area (TPSA) is 42.7 Å². The Morgan fingerprint density at radius 1 is 1.35 bits per heavy atom. The van der Waals surface area contributed by atoms with Crippen molar-refractivity contribution < 1.29 is 4.74 Å². The Balaban J connectivity index is 1.51. The lowest BCUT2D eigenvalue weighted by atomic mass is 10.2. The Morgan fingerprint density at radius 3 is 3.13 bits per heavy atom. The zero-order chi connectivity index (χ0) is 15.5. The molecule has 23 heavy (non-hydrogen) atoms. The van der Waals surface area contributed by atoms with Crippen molar-refractivity contribution in [2.75, 3.05) is 13.2 Å². The fourth-order valence-corrected chi connectivity index (χ4v) is 3.82. The average molecular weight is 328 g/mol. The minimum absolute atomic E-state index is 0.352.